The molecule has 0 spiro atoms. The number of carbonyl (C=O) groups is 1. The molecule has 0 saturated carbocycles. The summed E-state index contributed by atoms with van der Waals surface area (Å²) in [4.78, 5) is 12.3. The van der Waals surface area contributed by atoms with Gasteiger partial charge in [0.15, 0.2) is 0 Å². The van der Waals surface area contributed by atoms with Crippen LogP contribution < -0.4 is 5.32 Å². The highest BCUT2D eigenvalue weighted by Gasteiger charge is 2.31. The third-order valence-electron chi connectivity index (χ3n) is 4.45. The minimum Gasteiger partial charge on any atom is -0.372 e. The van der Waals surface area contributed by atoms with E-state index in [4.69, 9.17) is 4.74 Å². The van der Waals surface area contributed by atoms with Crippen LogP contribution in [0.1, 0.15) is 38.2 Å². The van der Waals surface area contributed by atoms with Crippen LogP contribution in [0.3, 0.4) is 0 Å². The first-order valence-corrected chi connectivity index (χ1v) is 7.75. The summed E-state index contributed by atoms with van der Waals surface area (Å²) in [7, 11) is 1.71. The van der Waals surface area contributed by atoms with E-state index in [1.165, 1.54) is 0 Å². The Balaban J connectivity index is 2.03. The Morgan fingerprint density at radius 1 is 1.33 bits per heavy atom. The summed E-state index contributed by atoms with van der Waals surface area (Å²) in [6.45, 7) is 2.61. The highest BCUT2D eigenvalue weighted by molar-refractivity contribution is 5.79. The van der Waals surface area contributed by atoms with Gasteiger partial charge < -0.3 is 10.1 Å². The van der Waals surface area contributed by atoms with Crippen LogP contribution in [-0.2, 0) is 15.1 Å². The standard InChI is InChI=1S/C18H25NO2/c1-3-18(21-2,16-12-8-5-9-13-16)14-19-17(20)15-10-6-4-7-11-15/h4-6,8-9,12-13,15H,3,7,10-11,14H2,1-2H3,(H,19,20). The Kier molecular flexibility index (Phi) is 5.57. The number of carbonyl (C=O) groups excluding carboxylic acids is 1. The third kappa shape index (κ3) is 3.73. The molecule has 1 aromatic carbocycles. The summed E-state index contributed by atoms with van der Waals surface area (Å²) in [5, 5.41) is 3.10. The molecule has 0 aromatic heterocycles. The lowest BCUT2D eigenvalue weighted by Crippen LogP contribution is -2.44. The molecule has 1 amide bonds. The van der Waals surface area contributed by atoms with Gasteiger partial charge >= 0.3 is 0 Å². The smallest absolute Gasteiger partial charge is 0.223 e. The van der Waals surface area contributed by atoms with Crippen molar-refractivity contribution in [2.75, 3.05) is 13.7 Å². The van der Waals surface area contributed by atoms with Crippen LogP contribution in [0.4, 0.5) is 0 Å². The quantitative estimate of drug-likeness (QED) is 0.814. The fourth-order valence-corrected chi connectivity index (χ4v) is 2.91. The SMILES string of the molecule is CCC(CNC(=O)C1CC=CCC1)(OC)c1ccccc1. The van der Waals surface area contributed by atoms with Gasteiger partial charge in [0.2, 0.25) is 5.91 Å². The topological polar surface area (TPSA) is 38.3 Å². The van der Waals surface area contributed by atoms with Gasteiger partial charge in [-0.15, -0.1) is 0 Å². The largest absolute Gasteiger partial charge is 0.372 e. The molecule has 3 nitrogen and oxygen atoms in total. The summed E-state index contributed by atoms with van der Waals surface area (Å²) < 4.78 is 5.78. The molecule has 2 atom stereocenters. The van der Waals surface area contributed by atoms with Crippen molar-refractivity contribution in [1.82, 2.24) is 5.32 Å². The average molecular weight is 287 g/mol. The summed E-state index contributed by atoms with van der Waals surface area (Å²) in [6.07, 6.45) is 7.87. The van der Waals surface area contributed by atoms with Crippen molar-refractivity contribution in [1.29, 1.82) is 0 Å². The molecule has 1 aliphatic carbocycles. The van der Waals surface area contributed by atoms with Crippen molar-refractivity contribution in [2.45, 2.75) is 38.2 Å². The van der Waals surface area contributed by atoms with Crippen molar-refractivity contribution in [3.63, 3.8) is 0 Å². The molecule has 3 heteroatoms. The molecular formula is C18H25NO2. The van der Waals surface area contributed by atoms with Gasteiger partial charge in [0, 0.05) is 13.0 Å². The van der Waals surface area contributed by atoms with Crippen LogP contribution in [-0.4, -0.2) is 19.6 Å². The Bertz CT molecular complexity index is 477. The number of ether oxygens (including phenoxy) is 1. The number of allylic oxidation sites excluding steroid dienone is 2. The van der Waals surface area contributed by atoms with Crippen LogP contribution in [0, 0.1) is 5.92 Å². The lowest BCUT2D eigenvalue weighted by molar-refractivity contribution is -0.127. The molecule has 0 radical (unpaired) electrons. The Morgan fingerprint density at radius 3 is 2.67 bits per heavy atom. The Labute approximate surface area is 127 Å². The van der Waals surface area contributed by atoms with Gasteiger partial charge in [-0.3, -0.25) is 4.79 Å². The van der Waals surface area contributed by atoms with Crippen LogP contribution in [0.25, 0.3) is 0 Å². The van der Waals surface area contributed by atoms with Crippen molar-refractivity contribution >= 4 is 5.91 Å². The van der Waals surface area contributed by atoms with E-state index in [9.17, 15) is 4.79 Å². The van der Waals surface area contributed by atoms with E-state index >= 15 is 0 Å². The zero-order valence-electron chi connectivity index (χ0n) is 13.0. The molecule has 0 aliphatic heterocycles. The molecule has 0 bridgehead atoms. The molecule has 2 unspecified atom stereocenters. The van der Waals surface area contributed by atoms with Gasteiger partial charge in [-0.25, -0.2) is 0 Å². The minimum atomic E-state index is -0.443. The predicted octanol–water partition coefficient (Wildman–Crippen LogP) is 3.41. The minimum absolute atomic E-state index is 0.109. The summed E-state index contributed by atoms with van der Waals surface area (Å²) >= 11 is 0. The van der Waals surface area contributed by atoms with Crippen molar-refractivity contribution in [2.24, 2.45) is 5.92 Å². The van der Waals surface area contributed by atoms with Gasteiger partial charge in [0.25, 0.3) is 0 Å². The molecule has 0 fully saturated rings. The highest BCUT2D eigenvalue weighted by atomic mass is 16.5. The average Bonchev–Trinajstić information content (AvgIpc) is 2.58. The summed E-state index contributed by atoms with van der Waals surface area (Å²) in [6, 6.07) is 10.1. The fourth-order valence-electron chi connectivity index (χ4n) is 2.91. The van der Waals surface area contributed by atoms with E-state index in [2.05, 4.69) is 36.5 Å². The number of rotatable bonds is 6. The fraction of sp³-hybridized carbons (Fsp3) is 0.500. The number of nitrogens with one attached hydrogen (secondary N) is 1. The molecule has 114 valence electrons. The molecule has 1 aliphatic rings. The van der Waals surface area contributed by atoms with Gasteiger partial charge in [-0.05, 0) is 31.2 Å². The zero-order chi connectivity index (χ0) is 15.1. The van der Waals surface area contributed by atoms with E-state index in [0.29, 0.717) is 6.54 Å². The zero-order valence-corrected chi connectivity index (χ0v) is 13.0. The number of benzene rings is 1. The van der Waals surface area contributed by atoms with Crippen LogP contribution in [0.5, 0.6) is 0 Å². The summed E-state index contributed by atoms with van der Waals surface area (Å²) in [5.74, 6) is 0.252. The maximum absolute atomic E-state index is 12.3. The molecule has 2 rings (SSSR count). The molecule has 1 aromatic rings. The number of methoxy groups -OCH3 is 1. The Hall–Kier alpha value is -1.61. The van der Waals surface area contributed by atoms with E-state index in [1.807, 2.05) is 18.2 Å². The van der Waals surface area contributed by atoms with E-state index in [1.54, 1.807) is 7.11 Å². The normalized spacial score (nSPS) is 20.8. The predicted molar refractivity (Wildman–Crippen MR) is 84.9 cm³/mol. The second kappa shape index (κ2) is 7.41. The van der Waals surface area contributed by atoms with E-state index in [-0.39, 0.29) is 11.8 Å². The van der Waals surface area contributed by atoms with Crippen LogP contribution in [0.2, 0.25) is 0 Å². The van der Waals surface area contributed by atoms with Crippen molar-refractivity contribution in [3.8, 4) is 0 Å². The summed E-state index contributed by atoms with van der Waals surface area (Å²) in [5.41, 5.74) is 0.667. The van der Waals surface area contributed by atoms with Gasteiger partial charge in [-0.2, -0.15) is 0 Å². The molecule has 21 heavy (non-hydrogen) atoms. The van der Waals surface area contributed by atoms with Gasteiger partial charge in [-0.1, -0.05) is 49.4 Å². The van der Waals surface area contributed by atoms with Crippen molar-refractivity contribution < 1.29 is 9.53 Å². The Morgan fingerprint density at radius 2 is 2.10 bits per heavy atom. The molecular weight excluding hydrogens is 262 g/mol. The number of amides is 1. The number of hydrogen-bond acceptors (Lipinski definition) is 2. The van der Waals surface area contributed by atoms with Crippen LogP contribution in [0.15, 0.2) is 42.5 Å². The first kappa shape index (κ1) is 15.8. The monoisotopic (exact) mass is 287 g/mol. The van der Waals surface area contributed by atoms with Gasteiger partial charge in [0.05, 0.1) is 6.54 Å². The molecule has 0 heterocycles. The van der Waals surface area contributed by atoms with Crippen LogP contribution >= 0.6 is 0 Å². The lowest BCUT2D eigenvalue weighted by atomic mass is 9.89. The molecule has 1 N–H and O–H groups in total. The highest BCUT2D eigenvalue weighted by Crippen LogP contribution is 2.28. The molecule has 0 saturated heterocycles. The van der Waals surface area contributed by atoms with E-state index < -0.39 is 5.60 Å². The van der Waals surface area contributed by atoms with Gasteiger partial charge in [0.1, 0.15) is 5.60 Å². The second-order valence-electron chi connectivity index (χ2n) is 5.62. The third-order valence-corrected chi connectivity index (χ3v) is 4.45. The number of hydrogen-bond donors (Lipinski definition) is 1. The second-order valence-corrected chi connectivity index (χ2v) is 5.62. The van der Waals surface area contributed by atoms with E-state index in [0.717, 1.165) is 31.2 Å². The maximum Gasteiger partial charge on any atom is 0.223 e. The lowest BCUT2D eigenvalue weighted by Gasteiger charge is -2.33. The maximum atomic E-state index is 12.3. The van der Waals surface area contributed by atoms with Crippen molar-refractivity contribution in [3.05, 3.63) is 48.0 Å². The first-order chi connectivity index (χ1) is 10.2. The first-order valence-electron chi connectivity index (χ1n) is 7.75.